The largest absolute Gasteiger partial charge is 0.482 e. The molecule has 1 aliphatic heterocycles. The van der Waals surface area contributed by atoms with Gasteiger partial charge in [0.1, 0.15) is 11.4 Å². The van der Waals surface area contributed by atoms with Crippen LogP contribution in [-0.2, 0) is 4.84 Å². The highest BCUT2D eigenvalue weighted by Gasteiger charge is 1.88. The summed E-state index contributed by atoms with van der Waals surface area (Å²) in [5.74, 6) is 0. The van der Waals surface area contributed by atoms with E-state index in [1.807, 2.05) is 0 Å². The molecule has 55 valence electrons. The highest BCUT2D eigenvalue weighted by molar-refractivity contribution is 6.29. The summed E-state index contributed by atoms with van der Waals surface area (Å²) in [6.07, 6.45) is 4.91. The van der Waals surface area contributed by atoms with Crippen molar-refractivity contribution in [3.05, 3.63) is 23.6 Å². The molecule has 0 aromatic carbocycles. The number of halogens is 1. The molecule has 0 unspecified atom stereocenters. The molecule has 0 atom stereocenters. The van der Waals surface area contributed by atoms with Gasteiger partial charge >= 0.3 is 7.69 Å². The zero-order valence-electron chi connectivity index (χ0n) is 4.99. The van der Waals surface area contributed by atoms with E-state index in [4.69, 9.17) is 21.6 Å². The van der Waals surface area contributed by atoms with E-state index in [0.717, 1.165) is 0 Å². The van der Waals surface area contributed by atoms with Gasteiger partial charge in [-0.3, -0.25) is 0 Å². The molecular formula is C4H6BClNO3. The predicted molar refractivity (Wildman–Crippen MR) is 37.5 cm³/mol. The van der Waals surface area contributed by atoms with Gasteiger partial charge in [0, 0.05) is 0 Å². The first-order valence-corrected chi connectivity index (χ1v) is 2.73. The van der Waals surface area contributed by atoms with Gasteiger partial charge in [-0.15, -0.1) is 0 Å². The van der Waals surface area contributed by atoms with E-state index in [-0.39, 0.29) is 7.69 Å². The molecule has 0 bridgehead atoms. The first kappa shape index (κ1) is 9.35. The maximum absolute atomic E-state index is 7.00. The van der Waals surface area contributed by atoms with E-state index in [2.05, 4.69) is 10.3 Å². The average Bonchev–Trinajstić information content (AvgIpc) is 1.91. The maximum Gasteiger partial charge on any atom is 0.482 e. The van der Waals surface area contributed by atoms with Crippen molar-refractivity contribution in [2.75, 3.05) is 0 Å². The molecule has 4 nitrogen and oxygen atoms in total. The molecule has 0 aliphatic carbocycles. The topological polar surface area (TPSA) is 61.7 Å². The Morgan fingerprint density at radius 3 is 2.40 bits per heavy atom. The van der Waals surface area contributed by atoms with Crippen LogP contribution in [0.25, 0.3) is 0 Å². The highest BCUT2D eigenvalue weighted by atomic mass is 35.5. The van der Waals surface area contributed by atoms with Crippen molar-refractivity contribution < 1.29 is 14.9 Å². The molecule has 10 heavy (non-hydrogen) atoms. The lowest BCUT2D eigenvalue weighted by Gasteiger charge is -2.03. The van der Waals surface area contributed by atoms with E-state index in [0.29, 0.717) is 5.16 Å². The molecule has 1 rings (SSSR count). The second kappa shape index (κ2) is 6.47. The Balaban J connectivity index is 0.000000236. The van der Waals surface area contributed by atoms with Crippen LogP contribution in [0.5, 0.6) is 0 Å². The molecule has 0 fully saturated rings. The summed E-state index contributed by atoms with van der Waals surface area (Å²) >= 11 is 5.39. The number of hydrogen-bond acceptors (Lipinski definition) is 4. The first-order valence-electron chi connectivity index (χ1n) is 2.35. The Kier molecular flexibility index (Phi) is 6.06. The quantitative estimate of drug-likeness (QED) is 0.336. The van der Waals surface area contributed by atoms with Gasteiger partial charge in [0.25, 0.3) is 0 Å². The molecule has 0 aromatic rings. The van der Waals surface area contributed by atoms with E-state index in [9.17, 15) is 0 Å². The Morgan fingerprint density at radius 1 is 1.60 bits per heavy atom. The first-order chi connectivity index (χ1) is 4.81. The van der Waals surface area contributed by atoms with Gasteiger partial charge in [-0.25, -0.2) is 5.48 Å². The zero-order chi connectivity index (χ0) is 7.82. The Bertz CT molecular complexity index is 138. The van der Waals surface area contributed by atoms with Crippen LogP contribution in [0.4, 0.5) is 0 Å². The second-order valence-electron chi connectivity index (χ2n) is 1.18. The molecule has 0 saturated heterocycles. The minimum absolute atomic E-state index is 0. The minimum Gasteiger partial charge on any atom is -0.429 e. The summed E-state index contributed by atoms with van der Waals surface area (Å²) in [5, 5.41) is 14.5. The third-order valence-electron chi connectivity index (χ3n) is 0.546. The summed E-state index contributed by atoms with van der Waals surface area (Å²) < 4.78 is 0. The molecule has 0 aromatic heterocycles. The third-order valence-corrected chi connectivity index (χ3v) is 0.749. The van der Waals surface area contributed by atoms with Crippen LogP contribution in [0.2, 0.25) is 0 Å². The minimum atomic E-state index is 0. The smallest absolute Gasteiger partial charge is 0.429 e. The van der Waals surface area contributed by atoms with Crippen molar-refractivity contribution in [1.82, 2.24) is 5.48 Å². The molecule has 0 saturated carbocycles. The maximum atomic E-state index is 7.00. The average molecular weight is 162 g/mol. The number of nitrogens with one attached hydrogen (secondary N) is 1. The second-order valence-corrected chi connectivity index (χ2v) is 1.59. The van der Waals surface area contributed by atoms with Crippen molar-refractivity contribution in [2.45, 2.75) is 0 Å². The van der Waals surface area contributed by atoms with Crippen molar-refractivity contribution >= 4 is 19.3 Å². The normalized spacial score (nSPS) is 13.3. The molecule has 6 heteroatoms. The lowest BCUT2D eigenvalue weighted by atomic mass is 10.5. The van der Waals surface area contributed by atoms with Gasteiger partial charge in [-0.2, -0.15) is 0 Å². The van der Waals surface area contributed by atoms with Crippen molar-refractivity contribution in [1.29, 1.82) is 0 Å². The summed E-state index contributed by atoms with van der Waals surface area (Å²) in [5.41, 5.74) is 2.42. The number of rotatable bonds is 0. The van der Waals surface area contributed by atoms with Gasteiger partial charge in [0.05, 0.1) is 0 Å². The molecule has 0 spiro atoms. The highest BCUT2D eigenvalue weighted by Crippen LogP contribution is 1.99. The van der Waals surface area contributed by atoms with Crippen LogP contribution in [0.3, 0.4) is 0 Å². The van der Waals surface area contributed by atoms with Gasteiger partial charge < -0.3 is 14.9 Å². The lowest BCUT2D eigenvalue weighted by molar-refractivity contribution is 0.167. The van der Waals surface area contributed by atoms with Crippen LogP contribution >= 0.6 is 11.6 Å². The molecule has 1 heterocycles. The van der Waals surface area contributed by atoms with Gasteiger partial charge in [0.2, 0.25) is 0 Å². The summed E-state index contributed by atoms with van der Waals surface area (Å²) in [7, 11) is 0. The molecular weight excluding hydrogens is 156 g/mol. The summed E-state index contributed by atoms with van der Waals surface area (Å²) in [6.45, 7) is 0. The van der Waals surface area contributed by atoms with Crippen LogP contribution in [0.15, 0.2) is 23.6 Å². The van der Waals surface area contributed by atoms with Gasteiger partial charge in [-0.1, -0.05) is 11.6 Å². The van der Waals surface area contributed by atoms with E-state index in [1.54, 1.807) is 12.2 Å². The molecule has 0 amide bonds. The van der Waals surface area contributed by atoms with Crippen molar-refractivity contribution in [3.8, 4) is 0 Å². The van der Waals surface area contributed by atoms with Crippen LogP contribution in [-0.4, -0.2) is 17.7 Å². The Hall–Kier alpha value is -0.645. The zero-order valence-corrected chi connectivity index (χ0v) is 5.75. The monoisotopic (exact) mass is 162 g/mol. The number of hydroxylamine groups is 1. The summed E-state index contributed by atoms with van der Waals surface area (Å²) in [4.78, 5) is 4.55. The van der Waals surface area contributed by atoms with Crippen LogP contribution < -0.4 is 5.48 Å². The fraction of sp³-hybridized carbons (Fsp3) is 0. The molecule has 1 aliphatic rings. The van der Waals surface area contributed by atoms with E-state index >= 15 is 0 Å². The van der Waals surface area contributed by atoms with Crippen LogP contribution in [0.1, 0.15) is 0 Å². The molecule has 1 radical (unpaired) electrons. The fourth-order valence-electron chi connectivity index (χ4n) is 0.287. The van der Waals surface area contributed by atoms with Gasteiger partial charge in [0.15, 0.2) is 0 Å². The van der Waals surface area contributed by atoms with Crippen molar-refractivity contribution in [3.63, 3.8) is 0 Å². The van der Waals surface area contributed by atoms with Crippen molar-refractivity contribution in [2.24, 2.45) is 0 Å². The Morgan fingerprint density at radius 2 is 2.20 bits per heavy atom. The third kappa shape index (κ3) is 5.49. The van der Waals surface area contributed by atoms with E-state index < -0.39 is 0 Å². The molecule has 3 N–H and O–H groups in total. The Labute approximate surface area is 64.0 Å². The lowest BCUT2D eigenvalue weighted by Crippen LogP contribution is -2.07. The SMILES string of the molecule is ClC1=CC=CON1.O[B]O. The number of hydrogen-bond donors (Lipinski definition) is 3. The van der Waals surface area contributed by atoms with Gasteiger partial charge in [-0.05, 0) is 12.2 Å². The van der Waals surface area contributed by atoms with E-state index in [1.165, 1.54) is 6.26 Å². The fourth-order valence-corrected chi connectivity index (χ4v) is 0.405. The number of allylic oxidation sites excluding steroid dienone is 2. The standard InChI is InChI=1S/C4H4ClNO.BH2O2/c5-4-2-1-3-7-6-4;2-1-3/h1-3,6H;2-3H. The van der Waals surface area contributed by atoms with Crippen LogP contribution in [0, 0.1) is 0 Å². The summed E-state index contributed by atoms with van der Waals surface area (Å²) in [6, 6.07) is 0. The predicted octanol–water partition coefficient (Wildman–Crippen LogP) is -0.380.